The Balaban J connectivity index is 1.35. The zero-order valence-electron chi connectivity index (χ0n) is 23.3. The van der Waals surface area contributed by atoms with Crippen LogP contribution in [-0.4, -0.2) is 33.0 Å². The van der Waals surface area contributed by atoms with Gasteiger partial charge in [0.1, 0.15) is 0 Å². The molecule has 3 aromatic carbocycles. The number of rotatable bonds is 13. The van der Waals surface area contributed by atoms with E-state index in [0.29, 0.717) is 11.4 Å². The van der Waals surface area contributed by atoms with Crippen LogP contribution in [0.5, 0.6) is 0 Å². The van der Waals surface area contributed by atoms with Crippen LogP contribution < -0.4 is 0 Å². The van der Waals surface area contributed by atoms with Gasteiger partial charge in [-0.05, 0) is 91.0 Å². The second-order valence-electron chi connectivity index (χ2n) is 11.3. The Hall–Kier alpha value is -3.12. The number of aliphatic carboxylic acids is 1. The molecule has 2 atom stereocenters. The minimum Gasteiger partial charge on any atom is -0.481 e. The van der Waals surface area contributed by atoms with Crippen LogP contribution >= 0.6 is 23.4 Å². The molecular weight excluding hydrogens is 550 g/mol. The number of aromatic nitrogens is 1. The van der Waals surface area contributed by atoms with Crippen molar-refractivity contribution in [2.45, 2.75) is 56.8 Å². The van der Waals surface area contributed by atoms with Crippen LogP contribution in [0.1, 0.15) is 65.8 Å². The standard InChI is InChI=1S/C35H36ClNO3S/c1-24(38)19-28-7-3-2-6-26(28)12-16-33(41-23-35(17-18-35)22-34(39)40)29-8-4-5-25(20-29)9-14-31-15-11-27-10-13-30(36)21-32(27)37-31/h2-11,13-15,20-21,24,33,38H,12,16-19,22-23H2,1H3,(H,39,40)/t24?,33-/m1/s1. The predicted octanol–water partition coefficient (Wildman–Crippen LogP) is 8.64. The second-order valence-corrected chi connectivity index (χ2v) is 12.9. The van der Waals surface area contributed by atoms with Gasteiger partial charge in [0.05, 0.1) is 23.7 Å². The summed E-state index contributed by atoms with van der Waals surface area (Å²) in [5.74, 6) is 0.145. The average molecular weight is 586 g/mol. The van der Waals surface area contributed by atoms with Gasteiger partial charge in [-0.25, -0.2) is 4.98 Å². The van der Waals surface area contributed by atoms with Crippen LogP contribution in [0.25, 0.3) is 23.1 Å². The number of carboxylic acids is 1. The molecule has 4 aromatic rings. The number of carbonyl (C=O) groups is 1. The molecule has 1 aliphatic carbocycles. The lowest BCUT2D eigenvalue weighted by Gasteiger charge is -2.22. The lowest BCUT2D eigenvalue weighted by molar-refractivity contribution is -0.138. The molecule has 1 unspecified atom stereocenters. The van der Waals surface area contributed by atoms with Crippen molar-refractivity contribution in [3.8, 4) is 0 Å². The first-order valence-electron chi connectivity index (χ1n) is 14.2. The number of carboxylic acid groups (broad SMARTS) is 1. The molecule has 1 saturated carbocycles. The van der Waals surface area contributed by atoms with E-state index in [2.05, 4.69) is 54.6 Å². The van der Waals surface area contributed by atoms with Gasteiger partial charge in [-0.3, -0.25) is 4.79 Å². The van der Waals surface area contributed by atoms with E-state index in [1.54, 1.807) is 0 Å². The first-order chi connectivity index (χ1) is 19.8. The zero-order valence-corrected chi connectivity index (χ0v) is 24.9. The molecule has 1 aliphatic rings. The number of aliphatic hydroxyl groups excluding tert-OH is 1. The molecule has 2 N–H and O–H groups in total. The quantitative estimate of drug-likeness (QED) is 0.164. The molecule has 5 rings (SSSR count). The highest BCUT2D eigenvalue weighted by Gasteiger charge is 2.44. The lowest BCUT2D eigenvalue weighted by Crippen LogP contribution is -2.13. The van der Waals surface area contributed by atoms with E-state index in [9.17, 15) is 15.0 Å². The largest absolute Gasteiger partial charge is 0.481 e. The number of hydrogen-bond acceptors (Lipinski definition) is 4. The Morgan fingerprint density at radius 1 is 1.02 bits per heavy atom. The summed E-state index contributed by atoms with van der Waals surface area (Å²) in [4.78, 5) is 16.2. The summed E-state index contributed by atoms with van der Waals surface area (Å²) in [5.41, 5.74) is 6.48. The van der Waals surface area contributed by atoms with Gasteiger partial charge in [0.25, 0.3) is 0 Å². The van der Waals surface area contributed by atoms with Crippen molar-refractivity contribution in [1.82, 2.24) is 4.98 Å². The van der Waals surface area contributed by atoms with Crippen molar-refractivity contribution < 1.29 is 15.0 Å². The van der Waals surface area contributed by atoms with Gasteiger partial charge in [0, 0.05) is 21.4 Å². The Kier molecular flexibility index (Phi) is 9.49. The van der Waals surface area contributed by atoms with E-state index in [0.717, 1.165) is 53.6 Å². The minimum atomic E-state index is -0.705. The van der Waals surface area contributed by atoms with E-state index < -0.39 is 5.97 Å². The molecule has 1 fully saturated rings. The molecule has 1 aromatic heterocycles. The van der Waals surface area contributed by atoms with Crippen LogP contribution in [0.4, 0.5) is 0 Å². The molecular formula is C35H36ClNO3S. The van der Waals surface area contributed by atoms with Crippen LogP contribution in [0.2, 0.25) is 5.02 Å². The van der Waals surface area contributed by atoms with Crippen molar-refractivity contribution in [1.29, 1.82) is 0 Å². The highest BCUT2D eigenvalue weighted by molar-refractivity contribution is 7.99. The Morgan fingerprint density at radius 2 is 1.80 bits per heavy atom. The van der Waals surface area contributed by atoms with Gasteiger partial charge in [-0.15, -0.1) is 0 Å². The van der Waals surface area contributed by atoms with Crippen LogP contribution in [0.3, 0.4) is 0 Å². The number of benzene rings is 3. The molecule has 6 heteroatoms. The molecule has 212 valence electrons. The molecule has 0 saturated heterocycles. The van der Waals surface area contributed by atoms with E-state index in [4.69, 9.17) is 16.6 Å². The number of halogens is 1. The smallest absolute Gasteiger partial charge is 0.303 e. The van der Waals surface area contributed by atoms with E-state index in [-0.39, 0.29) is 23.2 Å². The number of nitrogens with zero attached hydrogens (tertiary/aromatic N) is 1. The van der Waals surface area contributed by atoms with Gasteiger partial charge >= 0.3 is 5.97 Å². The number of aliphatic hydroxyl groups is 1. The van der Waals surface area contributed by atoms with Gasteiger partial charge in [-0.2, -0.15) is 11.8 Å². The SMILES string of the molecule is CC(O)Cc1ccccc1CC[C@@H](SCC1(CC(=O)O)CC1)c1cccc(C=Cc2ccc3ccc(Cl)cc3n2)c1. The highest BCUT2D eigenvalue weighted by Crippen LogP contribution is 2.53. The number of hydrogen-bond donors (Lipinski definition) is 2. The summed E-state index contributed by atoms with van der Waals surface area (Å²) in [6.07, 6.45) is 8.44. The Bertz CT molecular complexity index is 1550. The van der Waals surface area contributed by atoms with Gasteiger partial charge in [-0.1, -0.05) is 78.3 Å². The monoisotopic (exact) mass is 585 g/mol. The fourth-order valence-corrected chi connectivity index (χ4v) is 7.08. The molecule has 0 aliphatic heterocycles. The molecule has 0 bridgehead atoms. The zero-order chi connectivity index (χ0) is 28.8. The molecule has 0 spiro atoms. The summed E-state index contributed by atoms with van der Waals surface area (Å²) in [6.45, 7) is 1.83. The van der Waals surface area contributed by atoms with Crippen molar-refractivity contribution in [3.63, 3.8) is 0 Å². The first-order valence-corrected chi connectivity index (χ1v) is 15.6. The minimum absolute atomic E-state index is 0.0683. The summed E-state index contributed by atoms with van der Waals surface area (Å²) < 4.78 is 0. The molecule has 41 heavy (non-hydrogen) atoms. The van der Waals surface area contributed by atoms with Crippen molar-refractivity contribution in [3.05, 3.63) is 112 Å². The lowest BCUT2D eigenvalue weighted by atomic mass is 9.96. The summed E-state index contributed by atoms with van der Waals surface area (Å²) in [6, 6.07) is 26.8. The summed E-state index contributed by atoms with van der Waals surface area (Å²) in [5, 5.41) is 21.4. The molecule has 1 heterocycles. The predicted molar refractivity (Wildman–Crippen MR) is 171 cm³/mol. The van der Waals surface area contributed by atoms with Crippen molar-refractivity contribution in [2.75, 3.05) is 5.75 Å². The highest BCUT2D eigenvalue weighted by atomic mass is 35.5. The molecule has 0 radical (unpaired) electrons. The Morgan fingerprint density at radius 3 is 2.56 bits per heavy atom. The number of aryl methyl sites for hydroxylation is 1. The summed E-state index contributed by atoms with van der Waals surface area (Å²) in [7, 11) is 0. The van der Waals surface area contributed by atoms with Crippen LogP contribution in [0, 0.1) is 5.41 Å². The van der Waals surface area contributed by atoms with E-state index >= 15 is 0 Å². The van der Waals surface area contributed by atoms with Crippen LogP contribution in [0.15, 0.2) is 78.9 Å². The Labute approximate surface area is 251 Å². The maximum Gasteiger partial charge on any atom is 0.303 e. The summed E-state index contributed by atoms with van der Waals surface area (Å²) >= 11 is 8.06. The van der Waals surface area contributed by atoms with E-state index in [1.165, 1.54) is 16.7 Å². The normalized spacial score (nSPS) is 15.7. The third kappa shape index (κ3) is 8.22. The number of pyridine rings is 1. The fourth-order valence-electron chi connectivity index (χ4n) is 5.34. The maximum absolute atomic E-state index is 11.5. The van der Waals surface area contributed by atoms with Crippen molar-refractivity contribution >= 4 is 52.4 Å². The van der Waals surface area contributed by atoms with Crippen molar-refractivity contribution in [2.24, 2.45) is 5.41 Å². The van der Waals surface area contributed by atoms with Crippen LogP contribution in [-0.2, 0) is 17.6 Å². The van der Waals surface area contributed by atoms with Gasteiger partial charge in [0.15, 0.2) is 0 Å². The number of fused-ring (bicyclic) bond motifs is 1. The maximum atomic E-state index is 11.5. The van der Waals surface area contributed by atoms with E-state index in [1.807, 2.05) is 55.1 Å². The topological polar surface area (TPSA) is 70.4 Å². The first kappa shape index (κ1) is 29.4. The average Bonchev–Trinajstić information content (AvgIpc) is 3.71. The molecule has 4 nitrogen and oxygen atoms in total. The third-order valence-corrected chi connectivity index (χ3v) is 9.71. The third-order valence-electron chi connectivity index (χ3n) is 7.79. The number of thioether (sulfide) groups is 1. The van der Waals surface area contributed by atoms with Gasteiger partial charge in [0.2, 0.25) is 0 Å². The fraction of sp³-hybridized carbons (Fsp3) is 0.314. The van der Waals surface area contributed by atoms with Gasteiger partial charge < -0.3 is 10.2 Å². The second kappa shape index (κ2) is 13.2. The molecule has 0 amide bonds.